The first-order valence-corrected chi connectivity index (χ1v) is 4.73. The Bertz CT molecular complexity index is 334. The molecule has 0 saturated heterocycles. The molecule has 76 valence electrons. The van der Waals surface area contributed by atoms with Gasteiger partial charge in [0.1, 0.15) is 0 Å². The van der Waals surface area contributed by atoms with E-state index in [-0.39, 0.29) is 12.5 Å². The third kappa shape index (κ3) is 2.55. The molecule has 1 heterocycles. The van der Waals surface area contributed by atoms with Gasteiger partial charge in [0.15, 0.2) is 11.9 Å². The van der Waals surface area contributed by atoms with E-state index in [4.69, 9.17) is 0 Å². The predicted molar refractivity (Wildman–Crippen MR) is 52.8 cm³/mol. The largest absolute Gasteiger partial charge is 0.464 e. The minimum Gasteiger partial charge on any atom is -0.464 e. The summed E-state index contributed by atoms with van der Waals surface area (Å²) in [5, 5.41) is 0. The van der Waals surface area contributed by atoms with Crippen molar-refractivity contribution >= 4 is 5.97 Å². The van der Waals surface area contributed by atoms with Gasteiger partial charge in [-0.2, -0.15) is 4.57 Å². The SMILES string of the molecule is CCc1cc[n+](CC(=O)OC)c(C)c1. The Hall–Kier alpha value is -1.38. The van der Waals surface area contributed by atoms with Crippen LogP contribution in [0.1, 0.15) is 18.2 Å². The van der Waals surface area contributed by atoms with Gasteiger partial charge >= 0.3 is 5.97 Å². The van der Waals surface area contributed by atoms with Gasteiger partial charge in [0, 0.05) is 19.1 Å². The third-order valence-electron chi connectivity index (χ3n) is 2.25. The summed E-state index contributed by atoms with van der Waals surface area (Å²) in [5.41, 5.74) is 2.36. The molecule has 14 heavy (non-hydrogen) atoms. The second-order valence-corrected chi connectivity index (χ2v) is 3.23. The number of carbonyl (C=O) groups is 1. The van der Waals surface area contributed by atoms with Crippen molar-refractivity contribution in [2.45, 2.75) is 26.8 Å². The van der Waals surface area contributed by atoms with Crippen LogP contribution < -0.4 is 4.57 Å². The topological polar surface area (TPSA) is 30.2 Å². The lowest BCUT2D eigenvalue weighted by Crippen LogP contribution is -2.41. The van der Waals surface area contributed by atoms with Gasteiger partial charge in [-0.3, -0.25) is 0 Å². The van der Waals surface area contributed by atoms with Crippen LogP contribution in [0, 0.1) is 6.92 Å². The van der Waals surface area contributed by atoms with E-state index in [1.807, 2.05) is 23.8 Å². The number of hydrogen-bond donors (Lipinski definition) is 0. The van der Waals surface area contributed by atoms with Crippen LogP contribution in [-0.2, 0) is 22.5 Å². The zero-order valence-electron chi connectivity index (χ0n) is 8.91. The highest BCUT2D eigenvalue weighted by Gasteiger charge is 2.12. The summed E-state index contributed by atoms with van der Waals surface area (Å²) in [6.07, 6.45) is 2.94. The van der Waals surface area contributed by atoms with Crippen molar-refractivity contribution in [3.8, 4) is 0 Å². The molecule has 0 atom stereocenters. The van der Waals surface area contributed by atoms with Gasteiger partial charge < -0.3 is 4.74 Å². The Balaban J connectivity index is 2.83. The summed E-state index contributed by atoms with van der Waals surface area (Å²) in [6.45, 7) is 4.38. The number of ether oxygens (including phenoxy) is 1. The van der Waals surface area contributed by atoms with E-state index in [1.165, 1.54) is 12.7 Å². The van der Waals surface area contributed by atoms with Gasteiger partial charge in [-0.25, -0.2) is 4.79 Å². The number of esters is 1. The number of carbonyl (C=O) groups excluding carboxylic acids is 1. The Kier molecular flexibility index (Phi) is 3.63. The van der Waals surface area contributed by atoms with E-state index in [9.17, 15) is 4.79 Å². The standard InChI is InChI=1S/C11H16NO2/c1-4-10-5-6-12(9(2)7-10)8-11(13)14-3/h5-7H,4,8H2,1-3H3/q+1. The van der Waals surface area contributed by atoms with Gasteiger partial charge in [-0.05, 0) is 12.0 Å². The lowest BCUT2D eigenvalue weighted by Gasteiger charge is -2.01. The normalized spacial score (nSPS) is 9.93. The summed E-state index contributed by atoms with van der Waals surface area (Å²) in [7, 11) is 1.40. The van der Waals surface area contributed by atoms with E-state index in [0.29, 0.717) is 0 Å². The van der Waals surface area contributed by atoms with Crippen molar-refractivity contribution < 1.29 is 14.1 Å². The summed E-state index contributed by atoms with van der Waals surface area (Å²) in [4.78, 5) is 11.0. The molecule has 0 aliphatic rings. The van der Waals surface area contributed by atoms with Gasteiger partial charge in [-0.1, -0.05) is 6.92 Å². The highest BCUT2D eigenvalue weighted by Crippen LogP contribution is 1.99. The molecule has 0 aliphatic carbocycles. The molecule has 0 bridgehead atoms. The molecule has 0 aromatic carbocycles. The Morgan fingerprint density at radius 3 is 2.79 bits per heavy atom. The first-order chi connectivity index (χ1) is 6.67. The van der Waals surface area contributed by atoms with Gasteiger partial charge in [0.05, 0.1) is 7.11 Å². The van der Waals surface area contributed by atoms with Crippen LogP contribution in [0.4, 0.5) is 0 Å². The minimum absolute atomic E-state index is 0.220. The van der Waals surface area contributed by atoms with E-state index in [1.54, 1.807) is 0 Å². The quantitative estimate of drug-likeness (QED) is 0.531. The number of rotatable bonds is 3. The summed E-state index contributed by atoms with van der Waals surface area (Å²) in [5.74, 6) is -0.220. The second kappa shape index (κ2) is 4.74. The van der Waals surface area contributed by atoms with Crippen molar-refractivity contribution in [3.05, 3.63) is 29.6 Å². The van der Waals surface area contributed by atoms with Crippen molar-refractivity contribution in [2.75, 3.05) is 7.11 Å². The molecule has 0 saturated carbocycles. The molecule has 1 aromatic heterocycles. The van der Waals surface area contributed by atoms with Gasteiger partial charge in [-0.15, -0.1) is 0 Å². The highest BCUT2D eigenvalue weighted by atomic mass is 16.5. The Labute approximate surface area is 84.3 Å². The molecular formula is C11H16NO2+. The maximum Gasteiger partial charge on any atom is 0.372 e. The molecule has 1 rings (SSSR count). The van der Waals surface area contributed by atoms with E-state index >= 15 is 0 Å². The molecular weight excluding hydrogens is 178 g/mol. The summed E-state index contributed by atoms with van der Waals surface area (Å²) in [6, 6.07) is 4.11. The number of aryl methyl sites for hydroxylation is 2. The van der Waals surface area contributed by atoms with Gasteiger partial charge in [0.25, 0.3) is 0 Å². The zero-order chi connectivity index (χ0) is 10.6. The fourth-order valence-corrected chi connectivity index (χ4v) is 1.30. The average Bonchev–Trinajstić information content (AvgIpc) is 2.20. The molecule has 0 N–H and O–H groups in total. The molecule has 0 amide bonds. The summed E-state index contributed by atoms with van der Waals surface area (Å²) >= 11 is 0. The molecule has 0 aliphatic heterocycles. The average molecular weight is 194 g/mol. The van der Waals surface area contributed by atoms with E-state index < -0.39 is 0 Å². The second-order valence-electron chi connectivity index (χ2n) is 3.23. The predicted octanol–water partition coefficient (Wildman–Crippen LogP) is 1.02. The monoisotopic (exact) mass is 194 g/mol. The van der Waals surface area contributed by atoms with Gasteiger partial charge in [0.2, 0.25) is 6.54 Å². The first kappa shape index (κ1) is 10.7. The molecule has 3 nitrogen and oxygen atoms in total. The molecule has 0 radical (unpaired) electrons. The number of nitrogens with zero attached hydrogens (tertiary/aromatic N) is 1. The molecule has 1 aromatic rings. The van der Waals surface area contributed by atoms with Crippen molar-refractivity contribution in [2.24, 2.45) is 0 Å². The van der Waals surface area contributed by atoms with Crippen molar-refractivity contribution in [3.63, 3.8) is 0 Å². The third-order valence-corrected chi connectivity index (χ3v) is 2.25. The Morgan fingerprint density at radius 1 is 1.57 bits per heavy atom. The number of aromatic nitrogens is 1. The highest BCUT2D eigenvalue weighted by molar-refractivity contribution is 5.67. The number of methoxy groups -OCH3 is 1. The van der Waals surface area contributed by atoms with Crippen molar-refractivity contribution in [1.29, 1.82) is 0 Å². The molecule has 0 fully saturated rings. The van der Waals surface area contributed by atoms with Crippen LogP contribution in [0.5, 0.6) is 0 Å². The molecule has 3 heteroatoms. The Morgan fingerprint density at radius 2 is 2.29 bits per heavy atom. The van der Waals surface area contributed by atoms with E-state index in [2.05, 4.69) is 17.7 Å². The lowest BCUT2D eigenvalue weighted by molar-refractivity contribution is -0.691. The zero-order valence-corrected chi connectivity index (χ0v) is 8.91. The number of hydrogen-bond acceptors (Lipinski definition) is 2. The van der Waals surface area contributed by atoms with Crippen LogP contribution >= 0.6 is 0 Å². The fraction of sp³-hybridized carbons (Fsp3) is 0.455. The van der Waals surface area contributed by atoms with Crippen LogP contribution in [0.3, 0.4) is 0 Å². The van der Waals surface area contributed by atoms with Crippen molar-refractivity contribution in [1.82, 2.24) is 0 Å². The molecule has 0 unspecified atom stereocenters. The summed E-state index contributed by atoms with van der Waals surface area (Å²) < 4.78 is 6.49. The first-order valence-electron chi connectivity index (χ1n) is 4.73. The lowest BCUT2D eigenvalue weighted by atomic mass is 10.2. The maximum atomic E-state index is 11.0. The fourth-order valence-electron chi connectivity index (χ4n) is 1.30. The maximum absolute atomic E-state index is 11.0. The van der Waals surface area contributed by atoms with Crippen LogP contribution in [0.2, 0.25) is 0 Å². The van der Waals surface area contributed by atoms with Crippen LogP contribution in [0.25, 0.3) is 0 Å². The number of pyridine rings is 1. The molecule has 0 spiro atoms. The van der Waals surface area contributed by atoms with E-state index in [0.717, 1.165) is 12.1 Å². The smallest absolute Gasteiger partial charge is 0.372 e. The van der Waals surface area contributed by atoms with Crippen LogP contribution in [0.15, 0.2) is 18.3 Å². The van der Waals surface area contributed by atoms with Crippen LogP contribution in [-0.4, -0.2) is 13.1 Å². The minimum atomic E-state index is -0.220.